The highest BCUT2D eigenvalue weighted by Gasteiger charge is 2.37. The fourth-order valence-electron chi connectivity index (χ4n) is 3.35. The van der Waals surface area contributed by atoms with E-state index in [0.29, 0.717) is 13.1 Å². The molecule has 132 valence electrons. The van der Waals surface area contributed by atoms with E-state index in [1.807, 2.05) is 61.2 Å². The molecule has 1 saturated heterocycles. The number of rotatable bonds is 4. The van der Waals surface area contributed by atoms with Crippen LogP contribution in [0.3, 0.4) is 0 Å². The van der Waals surface area contributed by atoms with Gasteiger partial charge in [-0.25, -0.2) is 4.98 Å². The van der Waals surface area contributed by atoms with Crippen molar-refractivity contribution in [1.29, 1.82) is 0 Å². The van der Waals surface area contributed by atoms with Crippen LogP contribution in [0.5, 0.6) is 5.75 Å². The Balaban J connectivity index is 1.71. The first-order valence-corrected chi connectivity index (χ1v) is 8.63. The predicted octanol–water partition coefficient (Wildman–Crippen LogP) is 2.72. The fourth-order valence-corrected chi connectivity index (χ4v) is 3.35. The number of para-hydroxylation sites is 1. The van der Waals surface area contributed by atoms with Crippen LogP contribution in [-0.2, 0) is 10.2 Å². The molecule has 0 unspecified atom stereocenters. The molecule has 0 spiro atoms. The van der Waals surface area contributed by atoms with Crippen LogP contribution in [0.2, 0.25) is 0 Å². The number of carbonyl (C=O) groups excluding carboxylic acids is 1. The predicted molar refractivity (Wildman–Crippen MR) is 99.1 cm³/mol. The smallest absolute Gasteiger partial charge is 0.232 e. The van der Waals surface area contributed by atoms with Crippen molar-refractivity contribution in [3.63, 3.8) is 0 Å². The van der Waals surface area contributed by atoms with Crippen LogP contribution < -0.4 is 9.64 Å². The number of pyridine rings is 1. The molecular weight excluding hydrogens is 314 g/mol. The molecule has 1 amide bonds. The number of hydrogen-bond acceptors (Lipinski definition) is 4. The van der Waals surface area contributed by atoms with Crippen LogP contribution in [0.25, 0.3) is 0 Å². The van der Waals surface area contributed by atoms with Gasteiger partial charge in [0.2, 0.25) is 5.91 Å². The standard InChI is InChI=1S/C20H25N3O2/c1-20(2,16-8-4-5-9-17(16)25-3)19(24)23-14-12-22(13-15-23)18-10-6-7-11-21-18/h4-11H,12-15H2,1-3H3. The van der Waals surface area contributed by atoms with Crippen LogP contribution >= 0.6 is 0 Å². The van der Waals surface area contributed by atoms with Gasteiger partial charge in [0.15, 0.2) is 0 Å². The summed E-state index contributed by atoms with van der Waals surface area (Å²) >= 11 is 0. The molecule has 0 N–H and O–H groups in total. The third-order valence-corrected chi connectivity index (χ3v) is 4.86. The molecule has 1 aromatic carbocycles. The SMILES string of the molecule is COc1ccccc1C(C)(C)C(=O)N1CCN(c2ccccn2)CC1. The number of aromatic nitrogens is 1. The summed E-state index contributed by atoms with van der Waals surface area (Å²) in [7, 11) is 1.64. The van der Waals surface area contributed by atoms with Crippen LogP contribution in [0.1, 0.15) is 19.4 Å². The molecule has 0 aliphatic carbocycles. The Bertz CT molecular complexity index is 723. The Morgan fingerprint density at radius 1 is 1.04 bits per heavy atom. The van der Waals surface area contributed by atoms with E-state index in [9.17, 15) is 4.79 Å². The van der Waals surface area contributed by atoms with E-state index in [1.165, 1.54) is 0 Å². The topological polar surface area (TPSA) is 45.7 Å². The number of piperazine rings is 1. The van der Waals surface area contributed by atoms with E-state index in [2.05, 4.69) is 9.88 Å². The monoisotopic (exact) mass is 339 g/mol. The first-order chi connectivity index (χ1) is 12.0. The molecule has 3 rings (SSSR count). The van der Waals surface area contributed by atoms with Crippen molar-refractivity contribution in [2.75, 3.05) is 38.2 Å². The second-order valence-electron chi connectivity index (χ2n) is 6.79. The van der Waals surface area contributed by atoms with Crippen LogP contribution in [0.15, 0.2) is 48.7 Å². The van der Waals surface area contributed by atoms with E-state index in [1.54, 1.807) is 13.3 Å². The second kappa shape index (κ2) is 7.13. The van der Waals surface area contributed by atoms with Crippen molar-refractivity contribution in [3.05, 3.63) is 54.2 Å². The number of methoxy groups -OCH3 is 1. The van der Waals surface area contributed by atoms with Gasteiger partial charge in [-0.05, 0) is 32.0 Å². The van der Waals surface area contributed by atoms with Gasteiger partial charge in [0.25, 0.3) is 0 Å². The summed E-state index contributed by atoms with van der Waals surface area (Å²) in [6.45, 7) is 6.94. The lowest BCUT2D eigenvalue weighted by Gasteiger charge is -2.39. The fraction of sp³-hybridized carbons (Fsp3) is 0.400. The van der Waals surface area contributed by atoms with E-state index in [4.69, 9.17) is 4.74 Å². The van der Waals surface area contributed by atoms with Crippen molar-refractivity contribution in [3.8, 4) is 5.75 Å². The molecule has 5 nitrogen and oxygen atoms in total. The lowest BCUT2D eigenvalue weighted by atomic mass is 9.82. The van der Waals surface area contributed by atoms with Gasteiger partial charge in [-0.2, -0.15) is 0 Å². The molecule has 5 heteroatoms. The number of carbonyl (C=O) groups is 1. The molecular formula is C20H25N3O2. The number of nitrogens with zero attached hydrogens (tertiary/aromatic N) is 3. The first-order valence-electron chi connectivity index (χ1n) is 8.63. The summed E-state index contributed by atoms with van der Waals surface area (Å²) in [6.07, 6.45) is 1.80. The maximum Gasteiger partial charge on any atom is 0.232 e. The van der Waals surface area contributed by atoms with Crippen molar-refractivity contribution >= 4 is 11.7 Å². The molecule has 1 aromatic heterocycles. The van der Waals surface area contributed by atoms with Gasteiger partial charge in [-0.1, -0.05) is 24.3 Å². The number of hydrogen-bond donors (Lipinski definition) is 0. The molecule has 0 radical (unpaired) electrons. The van der Waals surface area contributed by atoms with Crippen molar-refractivity contribution in [1.82, 2.24) is 9.88 Å². The summed E-state index contributed by atoms with van der Waals surface area (Å²) in [5.74, 6) is 1.87. The minimum Gasteiger partial charge on any atom is -0.496 e. The molecule has 25 heavy (non-hydrogen) atoms. The van der Waals surface area contributed by atoms with Gasteiger partial charge in [-0.3, -0.25) is 4.79 Å². The van der Waals surface area contributed by atoms with E-state index in [0.717, 1.165) is 30.2 Å². The number of ether oxygens (including phenoxy) is 1. The summed E-state index contributed by atoms with van der Waals surface area (Å²) in [4.78, 5) is 21.7. The Morgan fingerprint density at radius 2 is 1.72 bits per heavy atom. The van der Waals surface area contributed by atoms with Crippen molar-refractivity contribution in [2.24, 2.45) is 0 Å². The average Bonchev–Trinajstić information content (AvgIpc) is 2.68. The maximum absolute atomic E-state index is 13.2. The Morgan fingerprint density at radius 3 is 2.36 bits per heavy atom. The number of anilines is 1. The highest BCUT2D eigenvalue weighted by atomic mass is 16.5. The first kappa shape index (κ1) is 17.3. The molecule has 0 bridgehead atoms. The molecule has 1 aliphatic heterocycles. The van der Waals surface area contributed by atoms with Gasteiger partial charge in [0.05, 0.1) is 12.5 Å². The Labute approximate surface area is 149 Å². The second-order valence-corrected chi connectivity index (χ2v) is 6.79. The summed E-state index contributed by atoms with van der Waals surface area (Å²) in [6, 6.07) is 13.7. The van der Waals surface area contributed by atoms with Crippen molar-refractivity contribution in [2.45, 2.75) is 19.3 Å². The summed E-state index contributed by atoms with van der Waals surface area (Å²) in [5.41, 5.74) is 0.300. The zero-order valence-electron chi connectivity index (χ0n) is 15.1. The number of benzene rings is 1. The summed E-state index contributed by atoms with van der Waals surface area (Å²) in [5, 5.41) is 0. The summed E-state index contributed by atoms with van der Waals surface area (Å²) < 4.78 is 5.46. The van der Waals surface area contributed by atoms with Crippen LogP contribution in [0, 0.1) is 0 Å². The quantitative estimate of drug-likeness (QED) is 0.859. The van der Waals surface area contributed by atoms with Gasteiger partial charge in [0.1, 0.15) is 11.6 Å². The lowest BCUT2D eigenvalue weighted by molar-refractivity contribution is -0.136. The lowest BCUT2D eigenvalue weighted by Crippen LogP contribution is -2.53. The highest BCUT2D eigenvalue weighted by Crippen LogP contribution is 2.33. The average molecular weight is 339 g/mol. The maximum atomic E-state index is 13.2. The van der Waals surface area contributed by atoms with E-state index >= 15 is 0 Å². The van der Waals surface area contributed by atoms with Gasteiger partial charge in [0, 0.05) is 37.9 Å². The third-order valence-electron chi connectivity index (χ3n) is 4.86. The van der Waals surface area contributed by atoms with E-state index in [-0.39, 0.29) is 5.91 Å². The minimum atomic E-state index is -0.625. The molecule has 0 saturated carbocycles. The largest absolute Gasteiger partial charge is 0.496 e. The third kappa shape index (κ3) is 3.45. The van der Waals surface area contributed by atoms with Gasteiger partial charge < -0.3 is 14.5 Å². The molecule has 1 fully saturated rings. The van der Waals surface area contributed by atoms with Crippen LogP contribution in [-0.4, -0.2) is 49.1 Å². The number of amides is 1. The van der Waals surface area contributed by atoms with Crippen molar-refractivity contribution < 1.29 is 9.53 Å². The molecule has 2 heterocycles. The Kier molecular flexibility index (Phi) is 4.93. The zero-order valence-corrected chi connectivity index (χ0v) is 15.1. The Hall–Kier alpha value is -2.56. The molecule has 0 atom stereocenters. The minimum absolute atomic E-state index is 0.137. The normalized spacial score (nSPS) is 15.2. The van der Waals surface area contributed by atoms with Crippen LogP contribution in [0.4, 0.5) is 5.82 Å². The molecule has 1 aliphatic rings. The van der Waals surface area contributed by atoms with E-state index < -0.39 is 5.41 Å². The van der Waals surface area contributed by atoms with Gasteiger partial charge >= 0.3 is 0 Å². The van der Waals surface area contributed by atoms with Gasteiger partial charge in [-0.15, -0.1) is 0 Å². The zero-order chi connectivity index (χ0) is 17.9. The highest BCUT2D eigenvalue weighted by molar-refractivity contribution is 5.88. The molecule has 2 aromatic rings.